The Kier molecular flexibility index (Phi) is 4.15. The fourth-order valence-electron chi connectivity index (χ4n) is 1.51. The summed E-state index contributed by atoms with van der Waals surface area (Å²) in [7, 11) is 6.90. The molecule has 0 unspecified atom stereocenters. The maximum absolute atomic E-state index is 9.08. The van der Waals surface area contributed by atoms with Crippen LogP contribution in [0.4, 0.5) is 0 Å². The molecule has 1 atom stereocenters. The third-order valence-corrected chi connectivity index (χ3v) is 2.36. The van der Waals surface area contributed by atoms with Crippen molar-refractivity contribution in [3.05, 3.63) is 23.8 Å². The molecular formula is C12H16N2O2. The van der Waals surface area contributed by atoms with Gasteiger partial charge in [0, 0.05) is 0 Å². The summed E-state index contributed by atoms with van der Waals surface area (Å²) in [5.41, 5.74) is 0.894. The maximum atomic E-state index is 9.08. The van der Waals surface area contributed by atoms with Gasteiger partial charge < -0.3 is 9.47 Å². The van der Waals surface area contributed by atoms with Crippen molar-refractivity contribution >= 4 is 0 Å². The van der Waals surface area contributed by atoms with Crippen molar-refractivity contribution in [3.8, 4) is 17.6 Å². The van der Waals surface area contributed by atoms with Gasteiger partial charge in [0.1, 0.15) is 6.04 Å². The number of nitriles is 1. The average Bonchev–Trinajstić information content (AvgIpc) is 2.29. The number of methoxy groups -OCH3 is 2. The second-order valence-corrected chi connectivity index (χ2v) is 3.61. The molecule has 4 nitrogen and oxygen atoms in total. The molecule has 0 aromatic heterocycles. The van der Waals surface area contributed by atoms with Crippen molar-refractivity contribution in [1.82, 2.24) is 4.90 Å². The van der Waals surface area contributed by atoms with Gasteiger partial charge >= 0.3 is 0 Å². The van der Waals surface area contributed by atoms with E-state index in [9.17, 15) is 0 Å². The second-order valence-electron chi connectivity index (χ2n) is 3.61. The number of rotatable bonds is 4. The molecule has 0 N–H and O–H groups in total. The van der Waals surface area contributed by atoms with Gasteiger partial charge in [0.25, 0.3) is 0 Å². The zero-order valence-corrected chi connectivity index (χ0v) is 10.0. The summed E-state index contributed by atoms with van der Waals surface area (Å²) >= 11 is 0. The van der Waals surface area contributed by atoms with Gasteiger partial charge in [-0.1, -0.05) is 6.07 Å². The molecule has 0 bridgehead atoms. The summed E-state index contributed by atoms with van der Waals surface area (Å²) in [5, 5.41) is 9.08. The van der Waals surface area contributed by atoms with Crippen LogP contribution in [0.5, 0.6) is 11.5 Å². The Morgan fingerprint density at radius 1 is 1.19 bits per heavy atom. The minimum absolute atomic E-state index is 0.278. The molecule has 1 aromatic rings. The number of hydrogen-bond donors (Lipinski definition) is 0. The molecule has 0 aliphatic heterocycles. The predicted octanol–water partition coefficient (Wildman–Crippen LogP) is 1.83. The van der Waals surface area contributed by atoms with Crippen molar-refractivity contribution in [3.63, 3.8) is 0 Å². The largest absolute Gasteiger partial charge is 0.493 e. The zero-order chi connectivity index (χ0) is 12.1. The molecular weight excluding hydrogens is 204 g/mol. The highest BCUT2D eigenvalue weighted by atomic mass is 16.5. The van der Waals surface area contributed by atoms with Crippen LogP contribution in [0.1, 0.15) is 11.6 Å². The van der Waals surface area contributed by atoms with Crippen molar-refractivity contribution in [2.75, 3.05) is 28.3 Å². The van der Waals surface area contributed by atoms with Gasteiger partial charge in [-0.15, -0.1) is 0 Å². The standard InChI is InChI=1S/C12H16N2O2/c1-14(2)10(8-13)9-5-6-11(15-3)12(7-9)16-4/h5-7,10H,1-4H3/t10-/m0/s1. The highest BCUT2D eigenvalue weighted by Gasteiger charge is 2.15. The van der Waals surface area contributed by atoms with Crippen LogP contribution < -0.4 is 9.47 Å². The Balaban J connectivity index is 3.12. The van der Waals surface area contributed by atoms with E-state index in [1.807, 2.05) is 37.2 Å². The van der Waals surface area contributed by atoms with E-state index in [0.717, 1.165) is 5.56 Å². The quantitative estimate of drug-likeness (QED) is 0.776. The topological polar surface area (TPSA) is 45.5 Å². The monoisotopic (exact) mass is 220 g/mol. The lowest BCUT2D eigenvalue weighted by Gasteiger charge is -2.18. The second kappa shape index (κ2) is 5.38. The van der Waals surface area contributed by atoms with Gasteiger partial charge in [0.05, 0.1) is 20.3 Å². The number of nitrogens with zero attached hydrogens (tertiary/aromatic N) is 2. The van der Waals surface area contributed by atoms with Crippen LogP contribution in [0.25, 0.3) is 0 Å². The van der Waals surface area contributed by atoms with E-state index in [4.69, 9.17) is 14.7 Å². The minimum Gasteiger partial charge on any atom is -0.493 e. The molecule has 0 spiro atoms. The Bertz CT molecular complexity index is 396. The van der Waals surface area contributed by atoms with E-state index in [1.165, 1.54) is 0 Å². The third-order valence-electron chi connectivity index (χ3n) is 2.36. The molecule has 0 saturated heterocycles. The first kappa shape index (κ1) is 12.3. The molecule has 0 fully saturated rings. The Hall–Kier alpha value is -1.73. The fourth-order valence-corrected chi connectivity index (χ4v) is 1.51. The molecule has 0 radical (unpaired) electrons. The Morgan fingerprint density at radius 2 is 1.81 bits per heavy atom. The predicted molar refractivity (Wildman–Crippen MR) is 61.6 cm³/mol. The summed E-state index contributed by atoms with van der Waals surface area (Å²) in [4.78, 5) is 1.85. The SMILES string of the molecule is COc1ccc([C@H](C#N)N(C)C)cc1OC. The Labute approximate surface area is 96.0 Å². The van der Waals surface area contributed by atoms with E-state index in [1.54, 1.807) is 14.2 Å². The molecule has 16 heavy (non-hydrogen) atoms. The molecule has 4 heteroatoms. The van der Waals surface area contributed by atoms with E-state index in [0.29, 0.717) is 11.5 Å². The highest BCUT2D eigenvalue weighted by Crippen LogP contribution is 2.30. The third kappa shape index (κ3) is 2.44. The summed E-state index contributed by atoms with van der Waals surface area (Å²) in [6.45, 7) is 0. The number of ether oxygens (including phenoxy) is 2. The van der Waals surface area contributed by atoms with E-state index in [2.05, 4.69) is 6.07 Å². The molecule has 0 saturated carbocycles. The molecule has 86 valence electrons. The van der Waals surface area contributed by atoms with Crippen LogP contribution in [0.3, 0.4) is 0 Å². The summed E-state index contributed by atoms with van der Waals surface area (Å²) in [5.74, 6) is 1.31. The molecule has 1 aromatic carbocycles. The van der Waals surface area contributed by atoms with Crippen molar-refractivity contribution in [2.24, 2.45) is 0 Å². The molecule has 0 aliphatic rings. The Morgan fingerprint density at radius 3 is 2.25 bits per heavy atom. The normalized spacial score (nSPS) is 12.0. The van der Waals surface area contributed by atoms with E-state index < -0.39 is 0 Å². The molecule has 0 aliphatic carbocycles. The first-order chi connectivity index (χ1) is 7.63. The van der Waals surface area contributed by atoms with E-state index in [-0.39, 0.29) is 6.04 Å². The van der Waals surface area contributed by atoms with Gasteiger partial charge in [0.15, 0.2) is 11.5 Å². The van der Waals surface area contributed by atoms with Crippen LogP contribution in [0.15, 0.2) is 18.2 Å². The molecule has 1 rings (SSSR count). The zero-order valence-electron chi connectivity index (χ0n) is 10.0. The lowest BCUT2D eigenvalue weighted by atomic mass is 10.1. The van der Waals surface area contributed by atoms with Gasteiger partial charge in [0.2, 0.25) is 0 Å². The summed E-state index contributed by atoms with van der Waals surface area (Å²) in [6.07, 6.45) is 0. The van der Waals surface area contributed by atoms with Crippen LogP contribution in [-0.2, 0) is 0 Å². The van der Waals surface area contributed by atoms with Crippen LogP contribution in [0.2, 0.25) is 0 Å². The summed E-state index contributed by atoms with van der Waals surface area (Å²) in [6, 6.07) is 7.46. The lowest BCUT2D eigenvalue weighted by Crippen LogP contribution is -2.18. The number of hydrogen-bond acceptors (Lipinski definition) is 4. The minimum atomic E-state index is -0.278. The van der Waals surface area contributed by atoms with Gasteiger partial charge in [-0.25, -0.2) is 0 Å². The molecule has 0 heterocycles. The first-order valence-corrected chi connectivity index (χ1v) is 4.92. The van der Waals surface area contributed by atoms with Crippen LogP contribution in [0, 0.1) is 11.3 Å². The fraction of sp³-hybridized carbons (Fsp3) is 0.417. The summed E-state index contributed by atoms with van der Waals surface area (Å²) < 4.78 is 10.3. The van der Waals surface area contributed by atoms with Crippen LogP contribution in [-0.4, -0.2) is 33.2 Å². The van der Waals surface area contributed by atoms with Crippen molar-refractivity contribution in [1.29, 1.82) is 5.26 Å². The number of benzene rings is 1. The smallest absolute Gasteiger partial charge is 0.161 e. The van der Waals surface area contributed by atoms with E-state index >= 15 is 0 Å². The first-order valence-electron chi connectivity index (χ1n) is 4.92. The lowest BCUT2D eigenvalue weighted by molar-refractivity contribution is 0.344. The average molecular weight is 220 g/mol. The maximum Gasteiger partial charge on any atom is 0.161 e. The van der Waals surface area contributed by atoms with Gasteiger partial charge in [-0.2, -0.15) is 5.26 Å². The highest BCUT2D eigenvalue weighted by molar-refractivity contribution is 5.44. The van der Waals surface area contributed by atoms with Gasteiger partial charge in [-0.3, -0.25) is 4.90 Å². The molecule has 0 amide bonds. The van der Waals surface area contributed by atoms with Crippen molar-refractivity contribution in [2.45, 2.75) is 6.04 Å². The van der Waals surface area contributed by atoms with Crippen molar-refractivity contribution < 1.29 is 9.47 Å². The van der Waals surface area contributed by atoms with Crippen LogP contribution >= 0.6 is 0 Å². The van der Waals surface area contributed by atoms with Gasteiger partial charge in [-0.05, 0) is 31.8 Å².